The van der Waals surface area contributed by atoms with Gasteiger partial charge in [0.25, 0.3) is 0 Å². The molecule has 1 aliphatic rings. The normalized spacial score (nSPS) is 17.0. The minimum atomic E-state index is -0.517. The van der Waals surface area contributed by atoms with Crippen LogP contribution < -0.4 is 20.8 Å². The second-order valence-corrected chi connectivity index (χ2v) is 11.3. The molecule has 1 aromatic heterocycles. The highest BCUT2D eigenvalue weighted by Crippen LogP contribution is 2.37. The van der Waals surface area contributed by atoms with Crippen molar-refractivity contribution in [2.24, 2.45) is 0 Å². The van der Waals surface area contributed by atoms with Crippen LogP contribution in [0, 0.1) is 6.92 Å². The lowest BCUT2D eigenvalue weighted by atomic mass is 9.78. The smallest absolute Gasteiger partial charge is 0.496 e. The molecule has 0 amide bonds. The fraction of sp³-hybridized carbons (Fsp3) is 0.481. The van der Waals surface area contributed by atoms with Crippen LogP contribution in [0.25, 0.3) is 11.0 Å². The molecule has 0 bridgehead atoms. The van der Waals surface area contributed by atoms with Crippen LogP contribution in [-0.4, -0.2) is 40.9 Å². The van der Waals surface area contributed by atoms with Gasteiger partial charge in [-0.3, -0.25) is 0 Å². The molecule has 1 saturated heterocycles. The standard InChI is InChI=1S/C27H37BN4O3/c1-17-13-14-18(21(15-17)33-9)16-29-23-24(32-25(2,3)4)31-22-19(11-10-12-20(22)30-23)28-34-26(5,6)27(7,8)35-28/h10-15H,16H2,1-9H3,(H,29,30)(H,31,32). The SMILES string of the molecule is COc1cc(C)ccc1CNc1nc2cccc(B3OC(C)(C)C(C)(C)O3)c2nc1NC(C)(C)C. The van der Waals surface area contributed by atoms with Crippen LogP contribution in [0.15, 0.2) is 36.4 Å². The highest BCUT2D eigenvalue weighted by Gasteiger charge is 2.52. The topological polar surface area (TPSA) is 77.5 Å². The zero-order valence-corrected chi connectivity index (χ0v) is 22.4. The Kier molecular flexibility index (Phi) is 6.49. The van der Waals surface area contributed by atoms with Crippen LogP contribution in [0.1, 0.15) is 59.6 Å². The van der Waals surface area contributed by atoms with Gasteiger partial charge in [-0.25, -0.2) is 9.97 Å². The van der Waals surface area contributed by atoms with E-state index in [4.69, 9.17) is 24.0 Å². The second-order valence-electron chi connectivity index (χ2n) is 11.3. The summed E-state index contributed by atoms with van der Waals surface area (Å²) >= 11 is 0. The molecule has 2 heterocycles. The number of para-hydroxylation sites is 1. The van der Waals surface area contributed by atoms with E-state index in [1.807, 2.05) is 24.3 Å². The van der Waals surface area contributed by atoms with E-state index in [2.05, 4.69) is 78.2 Å². The second kappa shape index (κ2) is 8.99. The number of rotatable bonds is 6. The molecule has 2 N–H and O–H groups in total. The van der Waals surface area contributed by atoms with Gasteiger partial charge in [-0.05, 0) is 73.1 Å². The van der Waals surface area contributed by atoms with E-state index in [1.54, 1.807) is 7.11 Å². The summed E-state index contributed by atoms with van der Waals surface area (Å²) in [4.78, 5) is 10.0. The maximum atomic E-state index is 6.33. The maximum absolute atomic E-state index is 6.33. The number of hydrogen-bond acceptors (Lipinski definition) is 7. The van der Waals surface area contributed by atoms with Crippen molar-refractivity contribution >= 4 is 35.3 Å². The fourth-order valence-electron chi connectivity index (χ4n) is 4.00. The molecule has 8 heteroatoms. The molecule has 186 valence electrons. The summed E-state index contributed by atoms with van der Waals surface area (Å²) in [5, 5.41) is 6.99. The Morgan fingerprint density at radius 1 is 0.971 bits per heavy atom. The lowest BCUT2D eigenvalue weighted by Crippen LogP contribution is -2.41. The zero-order chi connectivity index (χ0) is 25.6. The number of hydrogen-bond donors (Lipinski definition) is 2. The minimum absolute atomic E-state index is 0.209. The molecule has 0 saturated carbocycles. The van der Waals surface area contributed by atoms with E-state index in [9.17, 15) is 0 Å². The number of aromatic nitrogens is 2. The summed E-state index contributed by atoms with van der Waals surface area (Å²) in [5.74, 6) is 2.21. The Morgan fingerprint density at radius 2 is 1.66 bits per heavy atom. The van der Waals surface area contributed by atoms with Gasteiger partial charge in [-0.1, -0.05) is 24.3 Å². The molecule has 0 spiro atoms. The molecule has 1 fully saturated rings. The average Bonchev–Trinajstić information content (AvgIpc) is 2.98. The van der Waals surface area contributed by atoms with Gasteiger partial charge in [0.05, 0.1) is 29.3 Å². The number of methoxy groups -OCH3 is 1. The first-order chi connectivity index (χ1) is 16.3. The quantitative estimate of drug-likeness (QED) is 0.481. The van der Waals surface area contributed by atoms with E-state index < -0.39 is 18.3 Å². The highest BCUT2D eigenvalue weighted by atomic mass is 16.7. The van der Waals surface area contributed by atoms with Crippen molar-refractivity contribution in [3.63, 3.8) is 0 Å². The number of nitrogens with one attached hydrogen (secondary N) is 2. The van der Waals surface area contributed by atoms with Crippen LogP contribution in [0.2, 0.25) is 0 Å². The van der Waals surface area contributed by atoms with E-state index in [1.165, 1.54) is 0 Å². The summed E-state index contributed by atoms with van der Waals surface area (Å²) in [6.45, 7) is 17.1. The van der Waals surface area contributed by atoms with Gasteiger partial charge in [0.1, 0.15) is 5.75 Å². The summed E-state index contributed by atoms with van der Waals surface area (Å²) in [5.41, 5.74) is 3.53. The van der Waals surface area contributed by atoms with Crippen LogP contribution in [0.5, 0.6) is 5.75 Å². The van der Waals surface area contributed by atoms with Gasteiger partial charge in [0.15, 0.2) is 11.6 Å². The Labute approximate surface area is 209 Å². The molecule has 1 aliphatic heterocycles. The Hall–Kier alpha value is -2.84. The lowest BCUT2D eigenvalue weighted by molar-refractivity contribution is 0.00578. The van der Waals surface area contributed by atoms with E-state index in [0.717, 1.165) is 33.4 Å². The number of benzene rings is 2. The van der Waals surface area contributed by atoms with Crippen molar-refractivity contribution < 1.29 is 14.0 Å². The van der Waals surface area contributed by atoms with Crippen molar-refractivity contribution in [3.05, 3.63) is 47.5 Å². The van der Waals surface area contributed by atoms with Crippen LogP contribution >= 0.6 is 0 Å². The van der Waals surface area contributed by atoms with Gasteiger partial charge in [0.2, 0.25) is 0 Å². The van der Waals surface area contributed by atoms with Crippen molar-refractivity contribution in [2.75, 3.05) is 17.7 Å². The van der Waals surface area contributed by atoms with Crippen LogP contribution in [0.4, 0.5) is 11.6 Å². The third-order valence-corrected chi connectivity index (χ3v) is 6.62. The molecule has 0 aliphatic carbocycles. The number of anilines is 2. The molecular weight excluding hydrogens is 439 g/mol. The van der Waals surface area contributed by atoms with Crippen LogP contribution in [-0.2, 0) is 15.9 Å². The van der Waals surface area contributed by atoms with Crippen molar-refractivity contribution in [1.82, 2.24) is 9.97 Å². The largest absolute Gasteiger partial charge is 0.497 e. The summed E-state index contributed by atoms with van der Waals surface area (Å²) < 4.78 is 18.2. The predicted octanol–water partition coefficient (Wildman–Crippen LogP) is 5.07. The van der Waals surface area contributed by atoms with Gasteiger partial charge in [0, 0.05) is 23.1 Å². The average molecular weight is 476 g/mol. The van der Waals surface area contributed by atoms with Gasteiger partial charge < -0.3 is 24.7 Å². The summed E-state index contributed by atoms with van der Waals surface area (Å²) in [6, 6.07) is 12.1. The van der Waals surface area contributed by atoms with Gasteiger partial charge in [-0.2, -0.15) is 0 Å². The molecule has 0 unspecified atom stereocenters. The first-order valence-electron chi connectivity index (χ1n) is 12.1. The molecule has 35 heavy (non-hydrogen) atoms. The monoisotopic (exact) mass is 476 g/mol. The number of ether oxygens (including phenoxy) is 1. The molecule has 2 aromatic carbocycles. The van der Waals surface area contributed by atoms with Crippen molar-refractivity contribution in [3.8, 4) is 5.75 Å². The van der Waals surface area contributed by atoms with E-state index >= 15 is 0 Å². The summed E-state index contributed by atoms with van der Waals surface area (Å²) in [6.07, 6.45) is 0. The van der Waals surface area contributed by atoms with E-state index in [-0.39, 0.29) is 5.54 Å². The lowest BCUT2D eigenvalue weighted by Gasteiger charge is -2.32. The third kappa shape index (κ3) is 5.23. The van der Waals surface area contributed by atoms with Crippen LogP contribution in [0.3, 0.4) is 0 Å². The molecule has 4 rings (SSSR count). The first-order valence-corrected chi connectivity index (χ1v) is 12.1. The first kappa shape index (κ1) is 25.3. The molecule has 0 atom stereocenters. The van der Waals surface area contributed by atoms with Gasteiger partial charge >= 0.3 is 7.12 Å². The third-order valence-electron chi connectivity index (χ3n) is 6.62. The molecule has 3 aromatic rings. The Morgan fingerprint density at radius 3 is 2.29 bits per heavy atom. The number of nitrogens with zero attached hydrogens (tertiary/aromatic N) is 2. The van der Waals surface area contributed by atoms with Gasteiger partial charge in [-0.15, -0.1) is 0 Å². The maximum Gasteiger partial charge on any atom is 0.497 e. The molecule has 7 nitrogen and oxygen atoms in total. The Balaban J connectivity index is 1.74. The minimum Gasteiger partial charge on any atom is -0.496 e. The number of aryl methyl sites for hydroxylation is 1. The highest BCUT2D eigenvalue weighted by molar-refractivity contribution is 6.64. The predicted molar refractivity (Wildman–Crippen MR) is 144 cm³/mol. The fourth-order valence-corrected chi connectivity index (χ4v) is 4.00. The van der Waals surface area contributed by atoms with Crippen molar-refractivity contribution in [1.29, 1.82) is 0 Å². The number of fused-ring (bicyclic) bond motifs is 1. The Bertz CT molecular complexity index is 1220. The molecular formula is C27H37BN4O3. The van der Waals surface area contributed by atoms with Crippen molar-refractivity contribution in [2.45, 2.75) is 78.7 Å². The summed E-state index contributed by atoms with van der Waals surface area (Å²) in [7, 11) is 1.17. The zero-order valence-electron chi connectivity index (χ0n) is 22.4. The molecule has 0 radical (unpaired) electrons. The van der Waals surface area contributed by atoms with E-state index in [0.29, 0.717) is 18.2 Å².